The van der Waals surface area contributed by atoms with Crippen molar-refractivity contribution in [3.05, 3.63) is 70.0 Å². The highest BCUT2D eigenvalue weighted by molar-refractivity contribution is 9.10. The Hall–Kier alpha value is -2.45. The standard InChI is InChI=1S/C20H20BrN3O/c1-2-3-11-18(15-8-5-4-6-9-15)24-20(25)16(14-22)13-17-10-7-12-19(21)23-17/h4-10,12-13,18H,2-3,11H2,1H3,(H,24,25)/b16-13+/t18-/m0/s1. The minimum Gasteiger partial charge on any atom is -0.345 e. The second-order valence-electron chi connectivity index (χ2n) is 5.63. The summed E-state index contributed by atoms with van der Waals surface area (Å²) in [5.74, 6) is -0.380. The van der Waals surface area contributed by atoms with Crippen LogP contribution in [0.2, 0.25) is 0 Å². The number of nitrogens with zero attached hydrogens (tertiary/aromatic N) is 2. The molecule has 0 saturated carbocycles. The van der Waals surface area contributed by atoms with Crippen LogP contribution < -0.4 is 5.32 Å². The number of benzene rings is 1. The second-order valence-corrected chi connectivity index (χ2v) is 6.45. The first-order valence-electron chi connectivity index (χ1n) is 8.24. The third kappa shape index (κ3) is 5.84. The molecule has 0 spiro atoms. The Labute approximate surface area is 156 Å². The maximum absolute atomic E-state index is 12.6. The molecule has 0 bridgehead atoms. The van der Waals surface area contributed by atoms with E-state index in [9.17, 15) is 10.1 Å². The van der Waals surface area contributed by atoms with E-state index < -0.39 is 0 Å². The van der Waals surface area contributed by atoms with Gasteiger partial charge in [-0.25, -0.2) is 4.98 Å². The predicted molar refractivity (Wildman–Crippen MR) is 102 cm³/mol. The fraction of sp³-hybridized carbons (Fsp3) is 0.250. The zero-order valence-corrected chi connectivity index (χ0v) is 15.7. The molecule has 1 aromatic heterocycles. The van der Waals surface area contributed by atoms with Gasteiger partial charge in [0.25, 0.3) is 5.91 Å². The molecule has 0 unspecified atom stereocenters. The number of aromatic nitrogens is 1. The van der Waals surface area contributed by atoms with E-state index in [4.69, 9.17) is 0 Å². The Morgan fingerprint density at radius 3 is 2.68 bits per heavy atom. The summed E-state index contributed by atoms with van der Waals surface area (Å²) in [7, 11) is 0. The first-order chi connectivity index (χ1) is 12.1. The summed E-state index contributed by atoms with van der Waals surface area (Å²) in [5.41, 5.74) is 1.65. The largest absolute Gasteiger partial charge is 0.345 e. The van der Waals surface area contributed by atoms with E-state index in [0.717, 1.165) is 24.8 Å². The van der Waals surface area contributed by atoms with Crippen LogP contribution in [0.25, 0.3) is 6.08 Å². The number of halogens is 1. The van der Waals surface area contributed by atoms with E-state index in [0.29, 0.717) is 10.3 Å². The minimum absolute atomic E-state index is 0.0445. The SMILES string of the molecule is CCCC[C@H](NC(=O)/C(C#N)=C/c1cccc(Br)n1)c1ccccc1. The van der Waals surface area contributed by atoms with Crippen LogP contribution >= 0.6 is 15.9 Å². The van der Waals surface area contributed by atoms with E-state index in [2.05, 4.69) is 33.2 Å². The summed E-state index contributed by atoms with van der Waals surface area (Å²) in [6.07, 6.45) is 4.38. The quantitative estimate of drug-likeness (QED) is 0.414. The molecule has 0 aliphatic rings. The molecule has 1 aromatic carbocycles. The van der Waals surface area contributed by atoms with Crippen LogP contribution in [0.1, 0.15) is 43.5 Å². The van der Waals surface area contributed by atoms with Gasteiger partial charge in [-0.15, -0.1) is 0 Å². The van der Waals surface area contributed by atoms with Crippen LogP contribution in [0, 0.1) is 11.3 Å². The Balaban J connectivity index is 2.19. The number of amides is 1. The van der Waals surface area contributed by atoms with Crippen molar-refractivity contribution in [3.63, 3.8) is 0 Å². The number of hydrogen-bond acceptors (Lipinski definition) is 3. The molecular formula is C20H20BrN3O. The van der Waals surface area contributed by atoms with Crippen LogP contribution in [0.15, 0.2) is 58.7 Å². The first-order valence-corrected chi connectivity index (χ1v) is 9.03. The molecule has 1 heterocycles. The van der Waals surface area contributed by atoms with Crippen LogP contribution in [0.5, 0.6) is 0 Å². The minimum atomic E-state index is -0.380. The van der Waals surface area contributed by atoms with Crippen molar-refractivity contribution < 1.29 is 4.79 Å². The van der Waals surface area contributed by atoms with Crippen molar-refractivity contribution >= 4 is 27.9 Å². The molecule has 0 radical (unpaired) electrons. The number of unbranched alkanes of at least 4 members (excludes halogenated alkanes) is 1. The highest BCUT2D eigenvalue weighted by Gasteiger charge is 2.17. The molecule has 0 aliphatic carbocycles. The monoisotopic (exact) mass is 397 g/mol. The third-order valence-electron chi connectivity index (χ3n) is 3.75. The fourth-order valence-corrected chi connectivity index (χ4v) is 2.81. The van der Waals surface area contributed by atoms with Gasteiger partial charge in [-0.3, -0.25) is 4.79 Å². The van der Waals surface area contributed by atoms with E-state index >= 15 is 0 Å². The Kier molecular flexibility index (Phi) is 7.36. The molecule has 1 atom stereocenters. The van der Waals surface area contributed by atoms with Gasteiger partial charge in [0.1, 0.15) is 16.2 Å². The van der Waals surface area contributed by atoms with Crippen molar-refractivity contribution in [2.75, 3.05) is 0 Å². The van der Waals surface area contributed by atoms with Crippen molar-refractivity contribution in [3.8, 4) is 6.07 Å². The number of nitrogens with one attached hydrogen (secondary N) is 1. The lowest BCUT2D eigenvalue weighted by Crippen LogP contribution is -2.29. The highest BCUT2D eigenvalue weighted by Crippen LogP contribution is 2.20. The van der Waals surface area contributed by atoms with Crippen molar-refractivity contribution in [1.29, 1.82) is 5.26 Å². The Morgan fingerprint density at radius 1 is 1.28 bits per heavy atom. The zero-order valence-electron chi connectivity index (χ0n) is 14.1. The molecule has 0 saturated heterocycles. The maximum Gasteiger partial charge on any atom is 0.262 e. The summed E-state index contributed by atoms with van der Waals surface area (Å²) in [5, 5.41) is 12.4. The fourth-order valence-electron chi connectivity index (χ4n) is 2.45. The average molecular weight is 398 g/mol. The first kappa shape index (κ1) is 18.9. The zero-order chi connectivity index (χ0) is 18.1. The van der Waals surface area contributed by atoms with Gasteiger partial charge in [0.2, 0.25) is 0 Å². The van der Waals surface area contributed by atoms with Gasteiger partial charge in [-0.2, -0.15) is 5.26 Å². The normalized spacial score (nSPS) is 12.3. The molecule has 128 valence electrons. The molecule has 5 heteroatoms. The van der Waals surface area contributed by atoms with Gasteiger partial charge in [0, 0.05) is 0 Å². The number of carbonyl (C=O) groups is 1. The van der Waals surface area contributed by atoms with E-state index in [-0.39, 0.29) is 17.5 Å². The molecule has 2 rings (SSSR count). The Morgan fingerprint density at radius 2 is 2.04 bits per heavy atom. The second kappa shape index (κ2) is 9.75. The molecule has 4 nitrogen and oxygen atoms in total. The molecular weight excluding hydrogens is 378 g/mol. The van der Waals surface area contributed by atoms with E-state index in [1.165, 1.54) is 6.08 Å². The van der Waals surface area contributed by atoms with Gasteiger partial charge in [-0.05, 0) is 46.1 Å². The number of pyridine rings is 1. The number of nitriles is 1. The summed E-state index contributed by atoms with van der Waals surface area (Å²) in [6, 6.07) is 17.1. The maximum atomic E-state index is 12.6. The smallest absolute Gasteiger partial charge is 0.262 e. The molecule has 0 aliphatic heterocycles. The third-order valence-corrected chi connectivity index (χ3v) is 4.19. The van der Waals surface area contributed by atoms with Crippen LogP contribution in [-0.4, -0.2) is 10.9 Å². The summed E-state index contributed by atoms with van der Waals surface area (Å²) >= 11 is 3.29. The molecule has 2 aromatic rings. The molecule has 1 N–H and O–H groups in total. The summed E-state index contributed by atoms with van der Waals surface area (Å²) < 4.78 is 0.657. The van der Waals surface area contributed by atoms with Crippen LogP contribution in [0.3, 0.4) is 0 Å². The van der Waals surface area contributed by atoms with Gasteiger partial charge in [0.05, 0.1) is 11.7 Å². The van der Waals surface area contributed by atoms with Gasteiger partial charge in [0.15, 0.2) is 0 Å². The van der Waals surface area contributed by atoms with Crippen molar-refractivity contribution in [2.45, 2.75) is 32.2 Å². The average Bonchev–Trinajstić information content (AvgIpc) is 2.63. The lowest BCUT2D eigenvalue weighted by Gasteiger charge is -2.19. The van der Waals surface area contributed by atoms with Crippen LogP contribution in [0.4, 0.5) is 0 Å². The van der Waals surface area contributed by atoms with E-state index in [1.54, 1.807) is 12.1 Å². The van der Waals surface area contributed by atoms with Crippen molar-refractivity contribution in [1.82, 2.24) is 10.3 Å². The summed E-state index contributed by atoms with van der Waals surface area (Å²) in [6.45, 7) is 2.11. The highest BCUT2D eigenvalue weighted by atomic mass is 79.9. The van der Waals surface area contributed by atoms with Gasteiger partial charge < -0.3 is 5.32 Å². The predicted octanol–water partition coefficient (Wildman–Crippen LogP) is 4.80. The van der Waals surface area contributed by atoms with Crippen molar-refractivity contribution in [2.24, 2.45) is 0 Å². The lowest BCUT2D eigenvalue weighted by molar-refractivity contribution is -0.117. The lowest BCUT2D eigenvalue weighted by atomic mass is 10.0. The summed E-state index contributed by atoms with van der Waals surface area (Å²) in [4.78, 5) is 16.8. The molecule has 1 amide bonds. The van der Waals surface area contributed by atoms with Gasteiger partial charge in [-0.1, -0.05) is 56.2 Å². The van der Waals surface area contributed by atoms with Gasteiger partial charge >= 0.3 is 0 Å². The van der Waals surface area contributed by atoms with Crippen LogP contribution in [-0.2, 0) is 4.79 Å². The number of carbonyl (C=O) groups excluding carboxylic acids is 1. The topological polar surface area (TPSA) is 65.8 Å². The van der Waals surface area contributed by atoms with E-state index in [1.807, 2.05) is 42.5 Å². The Bertz CT molecular complexity index is 781. The number of rotatable bonds is 7. The molecule has 25 heavy (non-hydrogen) atoms. The molecule has 0 fully saturated rings. The number of hydrogen-bond donors (Lipinski definition) is 1.